The lowest BCUT2D eigenvalue weighted by atomic mass is 10.5. The Hall–Kier alpha value is 0.490. The quantitative estimate of drug-likeness (QED) is 0.441. The van der Waals surface area contributed by atoms with Crippen LogP contribution in [0.3, 0.4) is 0 Å². The van der Waals surface area contributed by atoms with Crippen LogP contribution in [-0.4, -0.2) is 16.0 Å². The van der Waals surface area contributed by atoms with Gasteiger partial charge < -0.3 is 4.74 Å². The number of hydrogen-bond acceptors (Lipinski definition) is 2. The van der Waals surface area contributed by atoms with Crippen LogP contribution in [0.2, 0.25) is 0 Å². The van der Waals surface area contributed by atoms with Gasteiger partial charge in [0.15, 0.2) is 0 Å². The predicted octanol–water partition coefficient (Wildman–Crippen LogP) is 1.94. The fourth-order valence-electron chi connectivity index (χ4n) is 0.346. The fourth-order valence-corrected chi connectivity index (χ4v) is 0.831. The second-order valence-electron chi connectivity index (χ2n) is 1.40. The number of alkyl halides is 2. The van der Waals surface area contributed by atoms with Crippen molar-refractivity contribution in [1.82, 2.24) is 0 Å². The molecule has 0 bridgehead atoms. The highest BCUT2D eigenvalue weighted by atomic mass is 127. The summed E-state index contributed by atoms with van der Waals surface area (Å²) in [5.74, 6) is -0.230. The van der Waals surface area contributed by atoms with E-state index in [4.69, 9.17) is 11.6 Å². The van der Waals surface area contributed by atoms with E-state index >= 15 is 0 Å². The maximum absolute atomic E-state index is 10.5. The molecule has 1 unspecified atom stereocenters. The van der Waals surface area contributed by atoms with Gasteiger partial charge in [-0.15, -0.1) is 11.6 Å². The Morgan fingerprint density at radius 3 is 2.78 bits per heavy atom. The average Bonchev–Trinajstić information content (AvgIpc) is 1.63. The third kappa shape index (κ3) is 6.37. The highest BCUT2D eigenvalue weighted by molar-refractivity contribution is 14.1. The van der Waals surface area contributed by atoms with Crippen molar-refractivity contribution in [2.24, 2.45) is 0 Å². The number of carbonyl (C=O) groups excluding carboxylic acids is 1. The Morgan fingerprint density at radius 2 is 2.44 bits per heavy atom. The maximum Gasteiger partial charge on any atom is 0.308 e. The number of ether oxygens (including phenoxy) is 1. The number of halogens is 2. The second-order valence-corrected chi connectivity index (χ2v) is 4.17. The van der Waals surface area contributed by atoms with Crippen molar-refractivity contribution < 1.29 is 9.53 Å². The summed E-state index contributed by atoms with van der Waals surface area (Å²) in [5.41, 5.74) is 0. The van der Waals surface area contributed by atoms with Gasteiger partial charge in [-0.3, -0.25) is 4.79 Å². The van der Waals surface area contributed by atoms with Gasteiger partial charge in [-0.1, -0.05) is 22.6 Å². The minimum Gasteiger partial charge on any atom is -0.466 e. The SMILES string of the molecule is CCOC(=O)CC(Cl)I. The molecule has 0 saturated carbocycles. The molecular weight excluding hydrogens is 254 g/mol. The summed E-state index contributed by atoms with van der Waals surface area (Å²) in [6, 6.07) is 0. The van der Waals surface area contributed by atoms with Crippen molar-refractivity contribution >= 4 is 40.2 Å². The highest BCUT2D eigenvalue weighted by Gasteiger charge is 2.06. The highest BCUT2D eigenvalue weighted by Crippen LogP contribution is 2.10. The molecule has 0 spiro atoms. The Morgan fingerprint density at radius 1 is 1.89 bits per heavy atom. The first-order chi connectivity index (χ1) is 4.16. The Labute approximate surface area is 73.0 Å². The van der Waals surface area contributed by atoms with Gasteiger partial charge in [0.05, 0.1) is 16.4 Å². The molecule has 0 aromatic rings. The molecule has 1 atom stereocenters. The van der Waals surface area contributed by atoms with Crippen LogP contribution in [0.5, 0.6) is 0 Å². The Balaban J connectivity index is 3.27. The number of carbonyl (C=O) groups is 1. The molecule has 0 radical (unpaired) electrons. The monoisotopic (exact) mass is 262 g/mol. The van der Waals surface area contributed by atoms with E-state index in [2.05, 4.69) is 4.74 Å². The van der Waals surface area contributed by atoms with Crippen molar-refractivity contribution in [2.75, 3.05) is 6.61 Å². The molecular formula is C5H8ClIO2. The third-order valence-electron chi connectivity index (χ3n) is 0.626. The lowest BCUT2D eigenvalue weighted by molar-refractivity contribution is -0.142. The van der Waals surface area contributed by atoms with E-state index in [-0.39, 0.29) is 15.8 Å². The largest absolute Gasteiger partial charge is 0.466 e. The van der Waals surface area contributed by atoms with E-state index in [0.717, 1.165) is 0 Å². The molecule has 0 aliphatic rings. The van der Waals surface area contributed by atoms with Crippen LogP contribution in [0.1, 0.15) is 13.3 Å². The minimum absolute atomic E-state index is 0.151. The molecule has 0 rings (SSSR count). The molecule has 0 aromatic heterocycles. The van der Waals surface area contributed by atoms with E-state index in [1.54, 1.807) is 6.92 Å². The average molecular weight is 262 g/mol. The molecule has 0 aliphatic heterocycles. The smallest absolute Gasteiger partial charge is 0.308 e. The Bertz CT molecular complexity index is 95.0. The van der Waals surface area contributed by atoms with Gasteiger partial charge in [0, 0.05) is 0 Å². The van der Waals surface area contributed by atoms with E-state index in [1.165, 1.54) is 0 Å². The third-order valence-corrected chi connectivity index (χ3v) is 1.22. The minimum atomic E-state index is -0.230. The molecule has 54 valence electrons. The molecule has 0 N–H and O–H groups in total. The number of hydrogen-bond donors (Lipinski definition) is 0. The molecule has 4 heteroatoms. The standard InChI is InChI=1S/C5H8ClIO2/c1-2-9-5(8)3-4(6)7/h4H,2-3H2,1H3. The zero-order chi connectivity index (χ0) is 7.28. The summed E-state index contributed by atoms with van der Waals surface area (Å²) in [6.07, 6.45) is 0.288. The number of rotatable bonds is 3. The van der Waals surface area contributed by atoms with Crippen LogP contribution in [0.25, 0.3) is 0 Å². The van der Waals surface area contributed by atoms with Crippen LogP contribution in [0.15, 0.2) is 0 Å². The van der Waals surface area contributed by atoms with Gasteiger partial charge in [-0.2, -0.15) is 0 Å². The van der Waals surface area contributed by atoms with Crippen LogP contribution < -0.4 is 0 Å². The molecule has 0 aliphatic carbocycles. The lowest BCUT2D eigenvalue weighted by Crippen LogP contribution is -2.06. The van der Waals surface area contributed by atoms with E-state index in [1.807, 2.05) is 22.6 Å². The maximum atomic E-state index is 10.5. The molecule has 0 aromatic carbocycles. The predicted molar refractivity (Wildman–Crippen MR) is 44.9 cm³/mol. The topological polar surface area (TPSA) is 26.3 Å². The van der Waals surface area contributed by atoms with Crippen LogP contribution in [-0.2, 0) is 9.53 Å². The van der Waals surface area contributed by atoms with Gasteiger partial charge in [0.25, 0.3) is 0 Å². The first kappa shape index (κ1) is 9.49. The van der Waals surface area contributed by atoms with Gasteiger partial charge in [0.1, 0.15) is 0 Å². The van der Waals surface area contributed by atoms with Gasteiger partial charge in [-0.05, 0) is 6.92 Å². The first-order valence-corrected chi connectivity index (χ1v) is 4.28. The molecule has 0 heterocycles. The summed E-state index contributed by atoms with van der Waals surface area (Å²) < 4.78 is 4.47. The zero-order valence-corrected chi connectivity index (χ0v) is 7.98. The van der Waals surface area contributed by atoms with E-state index < -0.39 is 0 Å². The summed E-state index contributed by atoms with van der Waals surface area (Å²) in [7, 11) is 0. The molecule has 2 nitrogen and oxygen atoms in total. The van der Waals surface area contributed by atoms with Crippen molar-refractivity contribution in [3.8, 4) is 0 Å². The summed E-state index contributed by atoms with van der Waals surface area (Å²) in [6.45, 7) is 2.20. The fraction of sp³-hybridized carbons (Fsp3) is 0.800. The zero-order valence-electron chi connectivity index (χ0n) is 5.06. The first-order valence-electron chi connectivity index (χ1n) is 2.60. The van der Waals surface area contributed by atoms with Gasteiger partial charge >= 0.3 is 5.97 Å². The number of esters is 1. The summed E-state index contributed by atoms with van der Waals surface area (Å²) in [5, 5.41) is 0. The van der Waals surface area contributed by atoms with Crippen LogP contribution >= 0.6 is 34.2 Å². The van der Waals surface area contributed by atoms with Crippen molar-refractivity contribution in [3.63, 3.8) is 0 Å². The molecule has 9 heavy (non-hydrogen) atoms. The van der Waals surface area contributed by atoms with Gasteiger partial charge in [-0.25, -0.2) is 0 Å². The van der Waals surface area contributed by atoms with Crippen LogP contribution in [0.4, 0.5) is 0 Å². The molecule has 0 fully saturated rings. The second kappa shape index (κ2) is 5.29. The molecule has 0 amide bonds. The summed E-state index contributed by atoms with van der Waals surface area (Å²) in [4.78, 5) is 10.5. The van der Waals surface area contributed by atoms with E-state index in [9.17, 15) is 4.79 Å². The van der Waals surface area contributed by atoms with Gasteiger partial charge in [0.2, 0.25) is 0 Å². The van der Waals surface area contributed by atoms with Crippen molar-refractivity contribution in [1.29, 1.82) is 0 Å². The van der Waals surface area contributed by atoms with Crippen LogP contribution in [0, 0.1) is 0 Å². The van der Waals surface area contributed by atoms with Crippen molar-refractivity contribution in [3.05, 3.63) is 0 Å². The normalized spacial score (nSPS) is 12.8. The van der Waals surface area contributed by atoms with E-state index in [0.29, 0.717) is 6.61 Å². The Kier molecular flexibility index (Phi) is 5.58. The lowest BCUT2D eigenvalue weighted by Gasteiger charge is -2.00. The molecule has 0 saturated heterocycles. The summed E-state index contributed by atoms with van der Waals surface area (Å²) >= 11 is 7.46. The van der Waals surface area contributed by atoms with Crippen molar-refractivity contribution in [2.45, 2.75) is 16.7 Å².